The van der Waals surface area contributed by atoms with Gasteiger partial charge >= 0.3 is 0 Å². The van der Waals surface area contributed by atoms with E-state index in [4.69, 9.17) is 9.15 Å². The van der Waals surface area contributed by atoms with Crippen LogP contribution in [-0.2, 0) is 9.53 Å². The molecule has 1 fully saturated rings. The molecule has 3 rings (SSSR count). The fourth-order valence-electron chi connectivity index (χ4n) is 3.08. The maximum absolute atomic E-state index is 12.4. The summed E-state index contributed by atoms with van der Waals surface area (Å²) in [6, 6.07) is 6.12. The van der Waals surface area contributed by atoms with Crippen LogP contribution in [0.4, 0.5) is 0 Å². The second-order valence-electron chi connectivity index (χ2n) is 6.59. The second kappa shape index (κ2) is 7.58. The topological polar surface area (TPSA) is 68.5 Å². The minimum Gasteiger partial charge on any atom is -0.411 e. The van der Waals surface area contributed by atoms with Gasteiger partial charge in [-0.1, -0.05) is 29.0 Å². The van der Waals surface area contributed by atoms with E-state index in [2.05, 4.69) is 16.3 Å². The highest BCUT2D eigenvalue weighted by Gasteiger charge is 2.26. The van der Waals surface area contributed by atoms with Gasteiger partial charge in [-0.25, -0.2) is 0 Å². The normalized spacial score (nSPS) is 20.7. The number of carbonyl (C=O) groups is 1. The van der Waals surface area contributed by atoms with Crippen molar-refractivity contribution in [2.75, 3.05) is 18.8 Å². The average molecular weight is 361 g/mol. The van der Waals surface area contributed by atoms with Crippen molar-refractivity contribution in [1.82, 2.24) is 15.1 Å². The lowest BCUT2D eigenvalue weighted by Crippen LogP contribution is -2.48. The molecular weight excluding hydrogens is 338 g/mol. The van der Waals surface area contributed by atoms with E-state index >= 15 is 0 Å². The number of hydrogen-bond donors (Lipinski definition) is 0. The molecule has 7 heteroatoms. The summed E-state index contributed by atoms with van der Waals surface area (Å²) in [5.41, 5.74) is 3.19. The summed E-state index contributed by atoms with van der Waals surface area (Å²) < 4.78 is 11.4. The Labute approximate surface area is 151 Å². The van der Waals surface area contributed by atoms with Crippen LogP contribution in [0.5, 0.6) is 0 Å². The summed E-state index contributed by atoms with van der Waals surface area (Å²) in [5.74, 6) is 0.835. The lowest BCUT2D eigenvalue weighted by atomic mass is 10.1. The number of hydrogen-bond acceptors (Lipinski definition) is 6. The zero-order chi connectivity index (χ0) is 18.0. The largest absolute Gasteiger partial charge is 0.411 e. The Bertz CT molecular complexity index is 732. The van der Waals surface area contributed by atoms with Crippen molar-refractivity contribution < 1.29 is 13.9 Å². The van der Waals surface area contributed by atoms with Gasteiger partial charge < -0.3 is 14.1 Å². The molecule has 1 saturated heterocycles. The molecule has 1 aliphatic rings. The van der Waals surface area contributed by atoms with Gasteiger partial charge in [0.2, 0.25) is 11.8 Å². The van der Waals surface area contributed by atoms with Crippen molar-refractivity contribution in [2.45, 2.75) is 45.1 Å². The van der Waals surface area contributed by atoms with Crippen LogP contribution < -0.4 is 0 Å². The van der Waals surface area contributed by atoms with Crippen LogP contribution >= 0.6 is 11.8 Å². The number of aromatic nitrogens is 2. The van der Waals surface area contributed by atoms with Gasteiger partial charge in [0.15, 0.2) is 0 Å². The molecule has 2 aromatic rings. The van der Waals surface area contributed by atoms with Gasteiger partial charge in [0, 0.05) is 18.7 Å². The van der Waals surface area contributed by atoms with E-state index in [-0.39, 0.29) is 23.9 Å². The van der Waals surface area contributed by atoms with E-state index < -0.39 is 0 Å². The molecule has 25 heavy (non-hydrogen) atoms. The van der Waals surface area contributed by atoms with Crippen LogP contribution in [0, 0.1) is 13.8 Å². The van der Waals surface area contributed by atoms with Crippen LogP contribution in [0.1, 0.15) is 25.0 Å². The van der Waals surface area contributed by atoms with Gasteiger partial charge in [0.1, 0.15) is 0 Å². The fraction of sp³-hybridized carbons (Fsp3) is 0.500. The van der Waals surface area contributed by atoms with E-state index in [1.165, 1.54) is 11.8 Å². The predicted molar refractivity (Wildman–Crippen MR) is 96.5 cm³/mol. The maximum Gasteiger partial charge on any atom is 0.277 e. The lowest BCUT2D eigenvalue weighted by molar-refractivity contribution is -0.140. The Morgan fingerprint density at radius 2 is 1.80 bits per heavy atom. The van der Waals surface area contributed by atoms with Crippen LogP contribution in [0.2, 0.25) is 0 Å². The van der Waals surface area contributed by atoms with Gasteiger partial charge in [0.05, 0.1) is 18.0 Å². The number of nitrogens with zero attached hydrogens (tertiary/aromatic N) is 3. The summed E-state index contributed by atoms with van der Waals surface area (Å²) in [4.78, 5) is 14.2. The molecule has 2 heterocycles. The number of amides is 1. The zero-order valence-electron chi connectivity index (χ0n) is 15.0. The van der Waals surface area contributed by atoms with E-state index in [0.29, 0.717) is 24.2 Å². The molecule has 1 aromatic carbocycles. The Morgan fingerprint density at radius 1 is 1.16 bits per heavy atom. The Kier molecular flexibility index (Phi) is 5.44. The number of carbonyl (C=O) groups excluding carboxylic acids is 1. The van der Waals surface area contributed by atoms with Crippen LogP contribution in [0.25, 0.3) is 11.5 Å². The first-order chi connectivity index (χ1) is 11.9. The van der Waals surface area contributed by atoms with Crippen molar-refractivity contribution in [1.29, 1.82) is 0 Å². The highest BCUT2D eigenvalue weighted by atomic mass is 32.2. The first-order valence-electron chi connectivity index (χ1n) is 8.39. The molecule has 0 aliphatic carbocycles. The van der Waals surface area contributed by atoms with E-state index in [1.54, 1.807) is 0 Å². The van der Waals surface area contributed by atoms with Crippen molar-refractivity contribution in [2.24, 2.45) is 0 Å². The summed E-state index contributed by atoms with van der Waals surface area (Å²) in [5, 5.41) is 8.56. The summed E-state index contributed by atoms with van der Waals surface area (Å²) in [6.45, 7) is 9.29. The minimum atomic E-state index is 0.0669. The number of rotatable bonds is 4. The summed E-state index contributed by atoms with van der Waals surface area (Å²) >= 11 is 1.28. The van der Waals surface area contributed by atoms with Crippen LogP contribution in [-0.4, -0.2) is 52.1 Å². The molecule has 134 valence electrons. The number of morpholine rings is 1. The molecule has 0 unspecified atom stereocenters. The number of benzene rings is 1. The van der Waals surface area contributed by atoms with Gasteiger partial charge in [-0.3, -0.25) is 4.79 Å². The maximum atomic E-state index is 12.4. The predicted octanol–water partition coefficient (Wildman–Crippen LogP) is 3.08. The summed E-state index contributed by atoms with van der Waals surface area (Å²) in [7, 11) is 0. The second-order valence-corrected chi connectivity index (χ2v) is 7.52. The zero-order valence-corrected chi connectivity index (χ0v) is 15.8. The lowest BCUT2D eigenvalue weighted by Gasteiger charge is -2.35. The van der Waals surface area contributed by atoms with Gasteiger partial charge in [-0.05, 0) is 39.8 Å². The third-order valence-electron chi connectivity index (χ3n) is 3.97. The Hall–Kier alpha value is -1.86. The van der Waals surface area contributed by atoms with Crippen molar-refractivity contribution >= 4 is 17.7 Å². The summed E-state index contributed by atoms with van der Waals surface area (Å²) in [6.07, 6.45) is 0.134. The van der Waals surface area contributed by atoms with E-state index in [1.807, 2.05) is 44.7 Å². The number of ether oxygens (including phenoxy) is 1. The quantitative estimate of drug-likeness (QED) is 0.780. The first-order valence-corrected chi connectivity index (χ1v) is 9.37. The average Bonchev–Trinajstić information content (AvgIpc) is 2.99. The molecule has 1 aromatic heterocycles. The minimum absolute atomic E-state index is 0.0669. The third kappa shape index (κ3) is 4.61. The highest BCUT2D eigenvalue weighted by Crippen LogP contribution is 2.25. The van der Waals surface area contributed by atoms with Crippen LogP contribution in [0.15, 0.2) is 27.8 Å². The Balaban J connectivity index is 1.61. The monoisotopic (exact) mass is 361 g/mol. The fourth-order valence-corrected chi connectivity index (χ4v) is 3.75. The van der Waals surface area contributed by atoms with Crippen molar-refractivity contribution in [3.8, 4) is 11.5 Å². The molecule has 2 atom stereocenters. The first kappa shape index (κ1) is 17.9. The molecule has 0 N–H and O–H groups in total. The molecule has 1 aliphatic heterocycles. The Morgan fingerprint density at radius 3 is 2.44 bits per heavy atom. The molecule has 0 spiro atoms. The molecule has 0 radical (unpaired) electrons. The number of aryl methyl sites for hydroxylation is 2. The third-order valence-corrected chi connectivity index (χ3v) is 4.77. The molecule has 1 amide bonds. The molecule has 0 saturated carbocycles. The number of thioether (sulfide) groups is 1. The molecular formula is C18H23N3O3S. The van der Waals surface area contributed by atoms with E-state index in [9.17, 15) is 4.79 Å². The van der Waals surface area contributed by atoms with Crippen LogP contribution in [0.3, 0.4) is 0 Å². The highest BCUT2D eigenvalue weighted by molar-refractivity contribution is 7.99. The SMILES string of the molecule is Cc1cc(C)cc(-c2nnc(SCC(=O)N3C[C@H](C)O[C@@H](C)C3)o2)c1. The smallest absolute Gasteiger partial charge is 0.277 e. The van der Waals surface area contributed by atoms with Crippen molar-refractivity contribution in [3.05, 3.63) is 29.3 Å². The molecule has 0 bridgehead atoms. The van der Waals surface area contributed by atoms with E-state index in [0.717, 1.165) is 16.7 Å². The standard InChI is InChI=1S/C18H23N3O3S/c1-11-5-12(2)7-15(6-11)17-19-20-18(24-17)25-10-16(22)21-8-13(3)23-14(4)9-21/h5-7,13-14H,8-10H2,1-4H3/t13-,14-/m0/s1. The van der Waals surface area contributed by atoms with Gasteiger partial charge in [-0.2, -0.15) is 0 Å². The van der Waals surface area contributed by atoms with Gasteiger partial charge in [0.25, 0.3) is 5.22 Å². The molecule has 6 nitrogen and oxygen atoms in total. The van der Waals surface area contributed by atoms with Gasteiger partial charge in [-0.15, -0.1) is 10.2 Å². The van der Waals surface area contributed by atoms with Crippen molar-refractivity contribution in [3.63, 3.8) is 0 Å².